The van der Waals surface area contributed by atoms with E-state index in [4.69, 9.17) is 6.42 Å². The first kappa shape index (κ1) is 8.86. The average Bonchev–Trinajstić information content (AvgIpc) is 1.98. The second kappa shape index (κ2) is 5.99. The fourth-order valence-corrected chi connectivity index (χ4v) is 0.392. The standard InChI is InChI=1S/C10H12/c1-4-6-7-8-9-10(3)5-2/h2,6-7,10H,4H2,1,3H3. The number of allylic oxidation sites excluding steroid dienone is 2. The van der Waals surface area contributed by atoms with Crippen molar-refractivity contribution in [2.75, 3.05) is 0 Å². The van der Waals surface area contributed by atoms with Crippen LogP contribution in [0.25, 0.3) is 0 Å². The molecule has 0 rings (SSSR count). The van der Waals surface area contributed by atoms with Gasteiger partial charge in [-0.2, -0.15) is 0 Å². The van der Waals surface area contributed by atoms with Crippen LogP contribution in [0.5, 0.6) is 0 Å². The highest BCUT2D eigenvalue weighted by Gasteiger charge is 1.82. The summed E-state index contributed by atoms with van der Waals surface area (Å²) in [5, 5.41) is 0. The molecule has 1 atom stereocenters. The van der Waals surface area contributed by atoms with Crippen molar-refractivity contribution >= 4 is 0 Å². The maximum Gasteiger partial charge on any atom is 0.0784 e. The molecule has 0 aromatic carbocycles. The van der Waals surface area contributed by atoms with E-state index in [1.54, 1.807) is 0 Å². The molecule has 1 unspecified atom stereocenters. The van der Waals surface area contributed by atoms with E-state index >= 15 is 0 Å². The molecule has 0 heteroatoms. The Balaban J connectivity index is 3.71. The molecule has 0 fully saturated rings. The van der Waals surface area contributed by atoms with Gasteiger partial charge in [-0.05, 0) is 19.4 Å². The lowest BCUT2D eigenvalue weighted by molar-refractivity contribution is 1.03. The highest BCUT2D eigenvalue weighted by Crippen LogP contribution is 1.86. The Morgan fingerprint density at radius 2 is 2.30 bits per heavy atom. The van der Waals surface area contributed by atoms with Gasteiger partial charge >= 0.3 is 0 Å². The SMILES string of the molecule is C#CC(C)C#CC=CCC. The molecule has 0 aromatic heterocycles. The largest absolute Gasteiger partial charge is 0.119 e. The normalized spacial score (nSPS) is 11.7. The molecule has 0 saturated carbocycles. The molecule has 0 N–H and O–H groups in total. The number of rotatable bonds is 1. The molecule has 52 valence electrons. The Morgan fingerprint density at radius 3 is 2.80 bits per heavy atom. The van der Waals surface area contributed by atoms with E-state index in [1.165, 1.54) is 0 Å². The van der Waals surface area contributed by atoms with Crippen LogP contribution >= 0.6 is 0 Å². The van der Waals surface area contributed by atoms with Gasteiger partial charge in [0.1, 0.15) is 0 Å². The van der Waals surface area contributed by atoms with Crippen LogP contribution in [0.15, 0.2) is 12.2 Å². The fourth-order valence-electron chi connectivity index (χ4n) is 0.392. The monoisotopic (exact) mass is 132 g/mol. The molecule has 0 aliphatic rings. The zero-order chi connectivity index (χ0) is 7.82. The third kappa shape index (κ3) is 5.01. The van der Waals surface area contributed by atoms with Gasteiger partial charge < -0.3 is 0 Å². The van der Waals surface area contributed by atoms with Crippen LogP contribution in [-0.4, -0.2) is 0 Å². The van der Waals surface area contributed by atoms with E-state index in [1.807, 2.05) is 19.1 Å². The maximum atomic E-state index is 5.11. The van der Waals surface area contributed by atoms with E-state index in [2.05, 4.69) is 24.7 Å². The Morgan fingerprint density at radius 1 is 1.60 bits per heavy atom. The molecule has 0 spiro atoms. The molecule has 0 nitrogen and oxygen atoms in total. The third-order valence-corrected chi connectivity index (χ3v) is 0.987. The Bertz CT molecular complexity index is 192. The predicted molar refractivity (Wildman–Crippen MR) is 45.2 cm³/mol. The second-order valence-electron chi connectivity index (χ2n) is 1.99. The number of terminal acetylenes is 1. The third-order valence-electron chi connectivity index (χ3n) is 0.987. The Labute approximate surface area is 63.3 Å². The van der Waals surface area contributed by atoms with E-state index in [0.29, 0.717) is 0 Å². The van der Waals surface area contributed by atoms with Crippen LogP contribution < -0.4 is 0 Å². The molecule has 0 aliphatic heterocycles. The topological polar surface area (TPSA) is 0 Å². The molecular weight excluding hydrogens is 120 g/mol. The summed E-state index contributed by atoms with van der Waals surface area (Å²) in [7, 11) is 0. The van der Waals surface area contributed by atoms with Gasteiger partial charge in [-0.25, -0.2) is 0 Å². The van der Waals surface area contributed by atoms with Gasteiger partial charge in [0.25, 0.3) is 0 Å². The number of hydrogen-bond donors (Lipinski definition) is 0. The summed E-state index contributed by atoms with van der Waals surface area (Å²) < 4.78 is 0. The first-order valence-electron chi connectivity index (χ1n) is 3.43. The van der Waals surface area contributed by atoms with Crippen LogP contribution in [0, 0.1) is 30.1 Å². The van der Waals surface area contributed by atoms with Crippen molar-refractivity contribution in [3.63, 3.8) is 0 Å². The van der Waals surface area contributed by atoms with E-state index in [9.17, 15) is 0 Å². The van der Waals surface area contributed by atoms with Crippen molar-refractivity contribution < 1.29 is 0 Å². The Hall–Kier alpha value is -1.14. The highest BCUT2D eigenvalue weighted by atomic mass is 13.8. The van der Waals surface area contributed by atoms with Crippen molar-refractivity contribution in [2.24, 2.45) is 5.92 Å². The highest BCUT2D eigenvalue weighted by molar-refractivity contribution is 5.20. The molecule has 10 heavy (non-hydrogen) atoms. The minimum Gasteiger partial charge on any atom is -0.119 e. The summed E-state index contributed by atoms with van der Waals surface area (Å²) in [4.78, 5) is 0. The van der Waals surface area contributed by atoms with Crippen LogP contribution in [0.3, 0.4) is 0 Å². The summed E-state index contributed by atoms with van der Waals surface area (Å²) >= 11 is 0. The molecule has 0 bridgehead atoms. The van der Waals surface area contributed by atoms with Crippen LogP contribution in [-0.2, 0) is 0 Å². The van der Waals surface area contributed by atoms with Crippen LogP contribution in [0.2, 0.25) is 0 Å². The zero-order valence-electron chi connectivity index (χ0n) is 6.52. The van der Waals surface area contributed by atoms with Crippen molar-refractivity contribution in [1.82, 2.24) is 0 Å². The lowest BCUT2D eigenvalue weighted by Gasteiger charge is -1.83. The Kier molecular flexibility index (Phi) is 5.30. The van der Waals surface area contributed by atoms with Crippen molar-refractivity contribution in [1.29, 1.82) is 0 Å². The average molecular weight is 132 g/mol. The molecular formula is C10H12. The first-order valence-corrected chi connectivity index (χ1v) is 3.43. The van der Waals surface area contributed by atoms with Crippen LogP contribution in [0.1, 0.15) is 20.3 Å². The second-order valence-corrected chi connectivity index (χ2v) is 1.99. The number of hydrogen-bond acceptors (Lipinski definition) is 0. The summed E-state index contributed by atoms with van der Waals surface area (Å²) in [6.07, 6.45) is 9.99. The summed E-state index contributed by atoms with van der Waals surface area (Å²) in [6, 6.07) is 0. The fraction of sp³-hybridized carbons (Fsp3) is 0.400. The van der Waals surface area contributed by atoms with Gasteiger partial charge in [-0.15, -0.1) is 6.42 Å². The lowest BCUT2D eigenvalue weighted by Crippen LogP contribution is -1.80. The minimum atomic E-state index is 0.0708. The molecule has 0 amide bonds. The molecule has 0 saturated heterocycles. The summed E-state index contributed by atoms with van der Waals surface area (Å²) in [6.45, 7) is 3.98. The predicted octanol–water partition coefficient (Wildman–Crippen LogP) is 2.23. The van der Waals surface area contributed by atoms with Gasteiger partial charge in [0.2, 0.25) is 0 Å². The van der Waals surface area contributed by atoms with Gasteiger partial charge in [-0.1, -0.05) is 30.8 Å². The summed E-state index contributed by atoms with van der Waals surface area (Å²) in [5.41, 5.74) is 0. The van der Waals surface area contributed by atoms with E-state index in [0.717, 1.165) is 6.42 Å². The molecule has 0 heterocycles. The van der Waals surface area contributed by atoms with Crippen LogP contribution in [0.4, 0.5) is 0 Å². The van der Waals surface area contributed by atoms with Gasteiger partial charge in [0.15, 0.2) is 0 Å². The van der Waals surface area contributed by atoms with Crippen molar-refractivity contribution in [3.05, 3.63) is 12.2 Å². The molecule has 0 radical (unpaired) electrons. The quantitative estimate of drug-likeness (QED) is 0.480. The maximum absolute atomic E-state index is 5.11. The van der Waals surface area contributed by atoms with Gasteiger partial charge in [0, 0.05) is 0 Å². The van der Waals surface area contributed by atoms with Gasteiger partial charge in [-0.3, -0.25) is 0 Å². The van der Waals surface area contributed by atoms with E-state index in [-0.39, 0.29) is 5.92 Å². The van der Waals surface area contributed by atoms with Crippen molar-refractivity contribution in [3.8, 4) is 24.2 Å². The first-order chi connectivity index (χ1) is 4.81. The molecule has 0 aromatic rings. The lowest BCUT2D eigenvalue weighted by atomic mass is 10.2. The minimum absolute atomic E-state index is 0.0708. The van der Waals surface area contributed by atoms with E-state index < -0.39 is 0 Å². The van der Waals surface area contributed by atoms with Gasteiger partial charge in [0.05, 0.1) is 5.92 Å². The van der Waals surface area contributed by atoms with Crippen molar-refractivity contribution in [2.45, 2.75) is 20.3 Å². The molecule has 0 aliphatic carbocycles. The summed E-state index contributed by atoms with van der Waals surface area (Å²) in [5.74, 6) is 8.36. The zero-order valence-corrected chi connectivity index (χ0v) is 6.52. The smallest absolute Gasteiger partial charge is 0.0784 e.